The van der Waals surface area contributed by atoms with Crippen molar-refractivity contribution in [1.82, 2.24) is 4.90 Å². The number of carbonyl (C=O) groups excluding carboxylic acids is 3. The van der Waals surface area contributed by atoms with Gasteiger partial charge in [-0.25, -0.2) is 18.4 Å². The molecular formula is C18H21F2NO5. The van der Waals surface area contributed by atoms with Crippen molar-refractivity contribution >= 4 is 17.8 Å². The lowest BCUT2D eigenvalue weighted by Gasteiger charge is -2.27. The van der Waals surface area contributed by atoms with Crippen LogP contribution in [0.3, 0.4) is 0 Å². The fourth-order valence-corrected chi connectivity index (χ4v) is 2.58. The van der Waals surface area contributed by atoms with E-state index < -0.39 is 47.7 Å². The topological polar surface area (TPSA) is 72.9 Å². The third kappa shape index (κ3) is 5.00. The normalized spacial score (nSPS) is 17.1. The van der Waals surface area contributed by atoms with Gasteiger partial charge in [0.1, 0.15) is 23.3 Å². The van der Waals surface area contributed by atoms with E-state index in [-0.39, 0.29) is 5.56 Å². The summed E-state index contributed by atoms with van der Waals surface area (Å²) in [5.41, 5.74) is -1.07. The Hall–Kier alpha value is -2.51. The number of likely N-dealkylation sites (tertiary alicyclic amines) is 1. The Morgan fingerprint density at radius 3 is 2.54 bits per heavy atom. The molecule has 26 heavy (non-hydrogen) atoms. The molecule has 0 radical (unpaired) electrons. The number of nitrogens with zero attached hydrogens (tertiary/aromatic N) is 1. The average Bonchev–Trinajstić information content (AvgIpc) is 3.00. The summed E-state index contributed by atoms with van der Waals surface area (Å²) in [4.78, 5) is 37.6. The number of benzene rings is 1. The predicted molar refractivity (Wildman–Crippen MR) is 87.6 cm³/mol. The van der Waals surface area contributed by atoms with Crippen LogP contribution in [-0.4, -0.2) is 47.5 Å². The van der Waals surface area contributed by atoms with Crippen LogP contribution in [-0.2, 0) is 14.3 Å². The molecule has 0 spiro atoms. The van der Waals surface area contributed by atoms with Gasteiger partial charge in [0.15, 0.2) is 6.61 Å². The highest BCUT2D eigenvalue weighted by atomic mass is 19.1. The molecule has 142 valence electrons. The van der Waals surface area contributed by atoms with Crippen molar-refractivity contribution in [3.8, 4) is 0 Å². The minimum atomic E-state index is -1.03. The third-order valence-corrected chi connectivity index (χ3v) is 3.73. The highest BCUT2D eigenvalue weighted by Crippen LogP contribution is 2.22. The number of ketones is 1. The molecule has 1 atom stereocenters. The van der Waals surface area contributed by atoms with Crippen LogP contribution in [0.5, 0.6) is 0 Å². The van der Waals surface area contributed by atoms with Crippen molar-refractivity contribution in [2.75, 3.05) is 13.2 Å². The molecule has 0 aromatic heterocycles. The maximum absolute atomic E-state index is 13.6. The second-order valence-corrected chi connectivity index (χ2v) is 6.99. The standard InChI is InChI=1S/C18H21F2NO5/c1-18(2,3)26-17(24)21-8-4-5-14(21)16(23)25-10-15(22)12-7-6-11(19)9-13(12)20/h6-7,9,14H,4-5,8,10H2,1-3H3/t14-/m0/s1. The molecular weight excluding hydrogens is 348 g/mol. The average molecular weight is 369 g/mol. The maximum atomic E-state index is 13.6. The summed E-state index contributed by atoms with van der Waals surface area (Å²) in [6.45, 7) is 4.79. The zero-order valence-corrected chi connectivity index (χ0v) is 14.9. The molecule has 2 rings (SSSR count). The van der Waals surface area contributed by atoms with Crippen LogP contribution in [0.25, 0.3) is 0 Å². The summed E-state index contributed by atoms with van der Waals surface area (Å²) < 4.78 is 36.7. The molecule has 6 nitrogen and oxygen atoms in total. The number of carbonyl (C=O) groups is 3. The Kier molecular flexibility index (Phi) is 5.94. The van der Waals surface area contributed by atoms with Crippen LogP contribution in [0, 0.1) is 11.6 Å². The van der Waals surface area contributed by atoms with E-state index in [2.05, 4.69) is 0 Å². The first-order valence-electron chi connectivity index (χ1n) is 8.23. The molecule has 1 aliphatic heterocycles. The quantitative estimate of drug-likeness (QED) is 0.602. The highest BCUT2D eigenvalue weighted by Gasteiger charge is 2.37. The van der Waals surface area contributed by atoms with E-state index in [0.29, 0.717) is 25.5 Å². The van der Waals surface area contributed by atoms with Gasteiger partial charge in [0.05, 0.1) is 5.56 Å². The van der Waals surface area contributed by atoms with Crippen molar-refractivity contribution in [2.45, 2.75) is 45.3 Å². The van der Waals surface area contributed by atoms with E-state index in [0.717, 1.165) is 12.1 Å². The molecule has 1 aromatic carbocycles. The number of amides is 1. The minimum Gasteiger partial charge on any atom is -0.456 e. The zero-order chi connectivity index (χ0) is 19.5. The number of rotatable bonds is 4. The van der Waals surface area contributed by atoms with Crippen molar-refractivity contribution in [3.05, 3.63) is 35.4 Å². The molecule has 1 aliphatic rings. The van der Waals surface area contributed by atoms with E-state index in [1.54, 1.807) is 20.8 Å². The Balaban J connectivity index is 1.96. The van der Waals surface area contributed by atoms with Crippen molar-refractivity contribution in [3.63, 3.8) is 0 Å². The Morgan fingerprint density at radius 2 is 1.92 bits per heavy atom. The van der Waals surface area contributed by atoms with Gasteiger partial charge in [0.25, 0.3) is 0 Å². The minimum absolute atomic E-state index is 0.342. The molecule has 1 heterocycles. The van der Waals surface area contributed by atoms with Gasteiger partial charge >= 0.3 is 12.1 Å². The van der Waals surface area contributed by atoms with Gasteiger partial charge in [-0.15, -0.1) is 0 Å². The number of hydrogen-bond acceptors (Lipinski definition) is 5. The number of ether oxygens (including phenoxy) is 2. The molecule has 1 aromatic rings. The number of halogens is 2. The van der Waals surface area contributed by atoms with E-state index >= 15 is 0 Å². The van der Waals surface area contributed by atoms with Crippen LogP contribution in [0.1, 0.15) is 44.0 Å². The van der Waals surface area contributed by atoms with Crippen LogP contribution in [0.2, 0.25) is 0 Å². The van der Waals surface area contributed by atoms with Gasteiger partial charge in [-0.1, -0.05) is 0 Å². The summed E-state index contributed by atoms with van der Waals surface area (Å²) in [6, 6.07) is 1.66. The van der Waals surface area contributed by atoms with Gasteiger partial charge in [0, 0.05) is 12.6 Å². The predicted octanol–water partition coefficient (Wildman–Crippen LogP) is 3.09. The molecule has 1 amide bonds. The molecule has 1 saturated heterocycles. The Bertz CT molecular complexity index is 714. The Morgan fingerprint density at radius 1 is 1.23 bits per heavy atom. The molecule has 0 saturated carbocycles. The summed E-state index contributed by atoms with van der Waals surface area (Å²) in [6.07, 6.45) is 0.351. The van der Waals surface area contributed by atoms with Gasteiger partial charge in [-0.3, -0.25) is 9.69 Å². The second-order valence-electron chi connectivity index (χ2n) is 6.99. The fraction of sp³-hybridized carbons (Fsp3) is 0.500. The number of hydrogen-bond donors (Lipinski definition) is 0. The molecule has 8 heteroatoms. The Labute approximate surface area is 150 Å². The van der Waals surface area contributed by atoms with Gasteiger partial charge in [-0.2, -0.15) is 0 Å². The van der Waals surface area contributed by atoms with Gasteiger partial charge < -0.3 is 9.47 Å². The van der Waals surface area contributed by atoms with Crippen molar-refractivity contribution in [1.29, 1.82) is 0 Å². The maximum Gasteiger partial charge on any atom is 0.411 e. The summed E-state index contributed by atoms with van der Waals surface area (Å²) in [5, 5.41) is 0. The zero-order valence-electron chi connectivity index (χ0n) is 14.9. The van der Waals surface area contributed by atoms with Crippen LogP contribution < -0.4 is 0 Å². The third-order valence-electron chi connectivity index (χ3n) is 3.73. The van der Waals surface area contributed by atoms with Crippen molar-refractivity contribution < 1.29 is 32.6 Å². The lowest BCUT2D eigenvalue weighted by molar-refractivity contribution is -0.147. The lowest BCUT2D eigenvalue weighted by Crippen LogP contribution is -2.44. The monoisotopic (exact) mass is 369 g/mol. The van der Waals surface area contributed by atoms with E-state index in [4.69, 9.17) is 9.47 Å². The van der Waals surface area contributed by atoms with E-state index in [1.165, 1.54) is 4.90 Å². The first-order chi connectivity index (χ1) is 12.1. The number of Topliss-reactive ketones (excluding diaryl/α,β-unsaturated/α-hetero) is 1. The highest BCUT2D eigenvalue weighted by molar-refractivity contribution is 5.98. The van der Waals surface area contributed by atoms with Crippen LogP contribution in [0.4, 0.5) is 13.6 Å². The molecule has 0 N–H and O–H groups in total. The summed E-state index contributed by atoms with van der Waals surface area (Å²) in [5.74, 6) is -3.39. The largest absolute Gasteiger partial charge is 0.456 e. The van der Waals surface area contributed by atoms with Crippen molar-refractivity contribution in [2.24, 2.45) is 0 Å². The first-order valence-corrected chi connectivity index (χ1v) is 8.23. The molecule has 0 unspecified atom stereocenters. The summed E-state index contributed by atoms with van der Waals surface area (Å²) in [7, 11) is 0. The van der Waals surface area contributed by atoms with E-state index in [1.807, 2.05) is 0 Å². The summed E-state index contributed by atoms with van der Waals surface area (Å²) >= 11 is 0. The lowest BCUT2D eigenvalue weighted by atomic mass is 10.1. The smallest absolute Gasteiger partial charge is 0.411 e. The molecule has 0 bridgehead atoms. The van der Waals surface area contributed by atoms with Gasteiger partial charge in [-0.05, 0) is 45.7 Å². The second kappa shape index (κ2) is 7.80. The van der Waals surface area contributed by atoms with Crippen LogP contribution in [0.15, 0.2) is 18.2 Å². The van der Waals surface area contributed by atoms with Gasteiger partial charge in [0.2, 0.25) is 5.78 Å². The molecule has 1 fully saturated rings. The van der Waals surface area contributed by atoms with E-state index in [9.17, 15) is 23.2 Å². The first kappa shape index (κ1) is 19.8. The SMILES string of the molecule is CC(C)(C)OC(=O)N1CCC[C@H]1C(=O)OCC(=O)c1ccc(F)cc1F. The van der Waals surface area contributed by atoms with Crippen LogP contribution >= 0.6 is 0 Å². The molecule has 0 aliphatic carbocycles. The number of esters is 1. The fourth-order valence-electron chi connectivity index (χ4n) is 2.58.